The quantitative estimate of drug-likeness (QED) is 0.612. The molecule has 0 bridgehead atoms. The third-order valence-electron chi connectivity index (χ3n) is 0.889. The molecule has 1 aliphatic carbocycles. The second-order valence-electron chi connectivity index (χ2n) is 1.54. The van der Waals surface area contributed by atoms with E-state index in [2.05, 4.69) is 0 Å². The molecule has 9 heavy (non-hydrogen) atoms. The minimum absolute atomic E-state index is 0. The molecule has 0 aromatic heterocycles. The minimum atomic E-state index is 0. The molecular formula is C8H8La. The summed E-state index contributed by atoms with van der Waals surface area (Å²) in [6.45, 7) is 0. The van der Waals surface area contributed by atoms with Gasteiger partial charge in [0.05, 0.1) is 0 Å². The molecule has 0 nitrogen and oxygen atoms in total. The van der Waals surface area contributed by atoms with Gasteiger partial charge < -0.3 is 0 Å². The van der Waals surface area contributed by atoms with E-state index in [1.807, 2.05) is 48.6 Å². The van der Waals surface area contributed by atoms with E-state index in [1.165, 1.54) is 0 Å². The molecule has 0 N–H and O–H groups in total. The van der Waals surface area contributed by atoms with Crippen molar-refractivity contribution >= 4 is 0 Å². The van der Waals surface area contributed by atoms with Crippen LogP contribution in [0.2, 0.25) is 0 Å². The van der Waals surface area contributed by atoms with Crippen LogP contribution in [0.3, 0.4) is 0 Å². The van der Waals surface area contributed by atoms with Crippen LogP contribution in [-0.4, -0.2) is 0 Å². The SMILES string of the molecule is C1=CC=CC=CC=C1.[La]. The molecule has 0 aromatic carbocycles. The zero-order chi connectivity index (χ0) is 5.66. The molecule has 0 heterocycles. The summed E-state index contributed by atoms with van der Waals surface area (Å²) in [7, 11) is 0. The van der Waals surface area contributed by atoms with Gasteiger partial charge in [0, 0.05) is 35.6 Å². The van der Waals surface area contributed by atoms with Crippen molar-refractivity contribution in [2.24, 2.45) is 0 Å². The standard InChI is InChI=1S/C8H8.La/c1-2-4-6-8-7-5-3-1;/h1-8H;. The van der Waals surface area contributed by atoms with Crippen molar-refractivity contribution in [3.8, 4) is 0 Å². The summed E-state index contributed by atoms with van der Waals surface area (Å²) < 4.78 is 0. The van der Waals surface area contributed by atoms with Gasteiger partial charge in [-0.15, -0.1) is 0 Å². The third kappa shape index (κ3) is 4.65. The summed E-state index contributed by atoms with van der Waals surface area (Å²) >= 11 is 0. The maximum Gasteiger partial charge on any atom is 0 e. The van der Waals surface area contributed by atoms with Gasteiger partial charge in [0.1, 0.15) is 0 Å². The summed E-state index contributed by atoms with van der Waals surface area (Å²) in [6, 6.07) is 0. The number of hydrogen-bond donors (Lipinski definition) is 0. The molecule has 1 heteroatoms. The van der Waals surface area contributed by atoms with Gasteiger partial charge in [0.25, 0.3) is 0 Å². The largest absolute Gasteiger partial charge is 0.0623 e. The van der Waals surface area contributed by atoms with E-state index < -0.39 is 0 Å². The minimum Gasteiger partial charge on any atom is -0.0623 e. The molecule has 0 saturated heterocycles. The molecule has 0 atom stereocenters. The fourth-order valence-corrected chi connectivity index (χ4v) is 0.513. The Morgan fingerprint density at radius 3 is 0.556 bits per heavy atom. The summed E-state index contributed by atoms with van der Waals surface area (Å²) in [6.07, 6.45) is 16.0. The van der Waals surface area contributed by atoms with Crippen molar-refractivity contribution in [1.82, 2.24) is 0 Å². The first-order chi connectivity index (χ1) is 4.00. The van der Waals surface area contributed by atoms with Crippen molar-refractivity contribution in [2.45, 2.75) is 0 Å². The molecule has 1 aliphatic rings. The van der Waals surface area contributed by atoms with Crippen LogP contribution in [0, 0.1) is 35.6 Å². The van der Waals surface area contributed by atoms with E-state index in [0.717, 1.165) is 0 Å². The van der Waals surface area contributed by atoms with E-state index in [1.54, 1.807) is 0 Å². The Hall–Kier alpha value is 0.155. The molecule has 1 rings (SSSR count). The Labute approximate surface area is 83.6 Å². The smallest absolute Gasteiger partial charge is 0 e. The molecule has 43 valence electrons. The van der Waals surface area contributed by atoms with Gasteiger partial charge in [-0.1, -0.05) is 48.6 Å². The van der Waals surface area contributed by atoms with Gasteiger partial charge in [0.15, 0.2) is 0 Å². The van der Waals surface area contributed by atoms with Crippen LogP contribution >= 0.6 is 0 Å². The maximum atomic E-state index is 2.00. The molecule has 0 fully saturated rings. The topological polar surface area (TPSA) is 0 Å². The van der Waals surface area contributed by atoms with Gasteiger partial charge in [-0.25, -0.2) is 0 Å². The second-order valence-corrected chi connectivity index (χ2v) is 1.54. The van der Waals surface area contributed by atoms with Crippen LogP contribution in [-0.2, 0) is 0 Å². The van der Waals surface area contributed by atoms with Crippen molar-refractivity contribution < 1.29 is 35.6 Å². The normalized spacial score (nSPS) is 14.2. The predicted octanol–water partition coefficient (Wildman–Crippen LogP) is 2.22. The molecule has 0 aromatic rings. The van der Waals surface area contributed by atoms with Crippen LogP contribution in [0.15, 0.2) is 48.6 Å². The first-order valence-electron chi connectivity index (χ1n) is 2.67. The van der Waals surface area contributed by atoms with Crippen molar-refractivity contribution in [3.05, 3.63) is 48.6 Å². The maximum absolute atomic E-state index is 2.00. The molecule has 0 unspecified atom stereocenters. The molecule has 0 saturated carbocycles. The zero-order valence-electron chi connectivity index (χ0n) is 5.20. The Kier molecular flexibility index (Phi) is 6.39. The number of allylic oxidation sites excluding steroid dienone is 8. The average molecular weight is 243 g/mol. The van der Waals surface area contributed by atoms with E-state index in [9.17, 15) is 0 Å². The monoisotopic (exact) mass is 243 g/mol. The molecule has 0 spiro atoms. The second kappa shape index (κ2) is 6.28. The molecule has 1 radical (unpaired) electrons. The van der Waals surface area contributed by atoms with Gasteiger partial charge >= 0.3 is 0 Å². The van der Waals surface area contributed by atoms with Gasteiger partial charge in [-0.2, -0.15) is 0 Å². The summed E-state index contributed by atoms with van der Waals surface area (Å²) in [5, 5.41) is 0. The summed E-state index contributed by atoms with van der Waals surface area (Å²) in [5.74, 6) is 0. The first-order valence-corrected chi connectivity index (χ1v) is 2.67. The van der Waals surface area contributed by atoms with E-state index in [-0.39, 0.29) is 35.6 Å². The van der Waals surface area contributed by atoms with Crippen LogP contribution in [0.1, 0.15) is 0 Å². The van der Waals surface area contributed by atoms with Gasteiger partial charge in [-0.3, -0.25) is 0 Å². The molecule has 0 aliphatic heterocycles. The van der Waals surface area contributed by atoms with Crippen molar-refractivity contribution in [1.29, 1.82) is 0 Å². The van der Waals surface area contributed by atoms with Crippen LogP contribution < -0.4 is 0 Å². The van der Waals surface area contributed by atoms with E-state index >= 15 is 0 Å². The van der Waals surface area contributed by atoms with Gasteiger partial charge in [0.2, 0.25) is 0 Å². The van der Waals surface area contributed by atoms with Crippen LogP contribution in [0.4, 0.5) is 0 Å². The summed E-state index contributed by atoms with van der Waals surface area (Å²) in [5.41, 5.74) is 0. The fraction of sp³-hybridized carbons (Fsp3) is 0. The van der Waals surface area contributed by atoms with E-state index in [0.29, 0.717) is 0 Å². The Morgan fingerprint density at radius 1 is 0.333 bits per heavy atom. The number of hydrogen-bond acceptors (Lipinski definition) is 0. The van der Waals surface area contributed by atoms with E-state index in [4.69, 9.17) is 0 Å². The first kappa shape index (κ1) is 9.15. The van der Waals surface area contributed by atoms with Crippen molar-refractivity contribution in [2.75, 3.05) is 0 Å². The van der Waals surface area contributed by atoms with Crippen LogP contribution in [0.25, 0.3) is 0 Å². The molecule has 0 amide bonds. The third-order valence-corrected chi connectivity index (χ3v) is 0.889. The Morgan fingerprint density at radius 2 is 0.444 bits per heavy atom. The van der Waals surface area contributed by atoms with Crippen LogP contribution in [0.5, 0.6) is 0 Å². The number of rotatable bonds is 0. The Balaban J connectivity index is 0.000000640. The zero-order valence-corrected chi connectivity index (χ0v) is 8.82. The van der Waals surface area contributed by atoms with Gasteiger partial charge in [-0.05, 0) is 0 Å². The van der Waals surface area contributed by atoms with Crippen molar-refractivity contribution in [3.63, 3.8) is 0 Å². The molecular weight excluding hydrogens is 235 g/mol. The predicted molar refractivity (Wildman–Crippen MR) is 36.6 cm³/mol. The Bertz CT molecular complexity index is 105. The fourth-order valence-electron chi connectivity index (χ4n) is 0.513. The summed E-state index contributed by atoms with van der Waals surface area (Å²) in [4.78, 5) is 0. The average Bonchev–Trinajstić information content (AvgIpc) is 1.62.